The molecule has 0 radical (unpaired) electrons. The van der Waals surface area contributed by atoms with Crippen LogP contribution in [0.15, 0.2) is 15.0 Å². The van der Waals surface area contributed by atoms with Gasteiger partial charge in [-0.05, 0) is 0 Å². The number of rotatable bonds is 4. The first kappa shape index (κ1) is 16.3. The number of hydrogen-bond acceptors (Lipinski definition) is 9. The van der Waals surface area contributed by atoms with Gasteiger partial charge in [0.1, 0.15) is 30.5 Å². The molecule has 0 spiro atoms. The summed E-state index contributed by atoms with van der Waals surface area (Å²) >= 11 is 0. The van der Waals surface area contributed by atoms with Crippen molar-refractivity contribution in [3.63, 3.8) is 0 Å². The van der Waals surface area contributed by atoms with Crippen LogP contribution in [0.25, 0.3) is 0 Å². The Balaban J connectivity index is 1.73. The molecule has 1 amide bonds. The van der Waals surface area contributed by atoms with Gasteiger partial charge in [-0.25, -0.2) is 9.56 Å². The molecule has 0 aliphatic carbocycles. The number of ether oxygens (including phenoxy) is 1. The monoisotopic (exact) mass is 348 g/mol. The second kappa shape index (κ2) is 5.83. The van der Waals surface area contributed by atoms with Crippen LogP contribution in [0.2, 0.25) is 0 Å². The lowest BCUT2D eigenvalue weighted by atomic mass is 10.1. The van der Waals surface area contributed by atoms with Crippen molar-refractivity contribution in [2.45, 2.75) is 30.6 Å². The lowest BCUT2D eigenvalue weighted by Crippen LogP contribution is -2.48. The van der Waals surface area contributed by atoms with Crippen molar-refractivity contribution in [3.8, 4) is 0 Å². The Kier molecular flexibility index (Phi) is 4.14. The summed E-state index contributed by atoms with van der Waals surface area (Å²) in [5, 5.41) is 20.0. The van der Waals surface area contributed by atoms with Gasteiger partial charge in [0, 0.05) is 0 Å². The summed E-state index contributed by atoms with van der Waals surface area (Å²) in [6.07, 6.45) is -2.93. The SMILES string of the molecule is O=C1N=CN=C2C1N=CN2[C@@H]1O[C@H](COP(=O)(O)O)[C@@H](O)[C@H]1O. The number of phosphoric ester groups is 1. The maximum Gasteiger partial charge on any atom is 0.469 e. The summed E-state index contributed by atoms with van der Waals surface area (Å²) < 4.78 is 20.4. The van der Waals surface area contributed by atoms with E-state index >= 15 is 0 Å². The standard InChI is InChI=1S/C10H13N4O8P/c15-6-4(1-21-23(18,19)20)22-10(7(6)16)14-3-13-5-8(14)11-2-12-9(5)17/h2-7,10,15-16H,1H2,(H2,18,19,20)/t4-,5?,6-,7-,10-/m1/s1. The van der Waals surface area contributed by atoms with Crippen LogP contribution >= 0.6 is 7.82 Å². The van der Waals surface area contributed by atoms with Crippen LogP contribution in [0, 0.1) is 0 Å². The van der Waals surface area contributed by atoms with E-state index in [-0.39, 0.29) is 5.84 Å². The summed E-state index contributed by atoms with van der Waals surface area (Å²) in [5.74, 6) is -0.346. The van der Waals surface area contributed by atoms with Crippen molar-refractivity contribution in [2.24, 2.45) is 15.0 Å². The van der Waals surface area contributed by atoms with E-state index in [1.165, 1.54) is 11.2 Å². The first-order valence-electron chi connectivity index (χ1n) is 6.45. The Bertz CT molecular complexity index is 645. The third-order valence-corrected chi connectivity index (χ3v) is 3.96. The number of amidine groups is 1. The van der Waals surface area contributed by atoms with E-state index in [1.54, 1.807) is 0 Å². The Labute approximate surface area is 129 Å². The minimum atomic E-state index is -4.74. The van der Waals surface area contributed by atoms with Gasteiger partial charge < -0.3 is 24.7 Å². The van der Waals surface area contributed by atoms with E-state index in [0.29, 0.717) is 0 Å². The number of hydrogen-bond donors (Lipinski definition) is 4. The van der Waals surface area contributed by atoms with E-state index in [4.69, 9.17) is 14.5 Å². The molecule has 0 saturated carbocycles. The molecule has 1 unspecified atom stereocenters. The second-order valence-corrected chi connectivity index (χ2v) is 6.22. The molecule has 3 aliphatic heterocycles. The van der Waals surface area contributed by atoms with Crippen LogP contribution in [-0.4, -0.2) is 86.5 Å². The van der Waals surface area contributed by atoms with Crippen LogP contribution in [0.4, 0.5) is 0 Å². The average molecular weight is 348 g/mol. The fourth-order valence-electron chi connectivity index (χ4n) is 2.40. The molecule has 126 valence electrons. The Morgan fingerprint density at radius 3 is 2.78 bits per heavy atom. The first-order chi connectivity index (χ1) is 10.8. The number of carbonyl (C=O) groups excluding carboxylic acids is 1. The number of amides is 1. The number of aliphatic imine (C=N–C) groups is 3. The molecule has 13 heteroatoms. The van der Waals surface area contributed by atoms with Crippen LogP contribution in [0.5, 0.6) is 0 Å². The van der Waals surface area contributed by atoms with Gasteiger partial charge in [0.05, 0.1) is 12.9 Å². The fourth-order valence-corrected chi connectivity index (χ4v) is 2.74. The molecule has 23 heavy (non-hydrogen) atoms. The summed E-state index contributed by atoms with van der Waals surface area (Å²) in [5.41, 5.74) is 0. The number of aliphatic hydroxyl groups excluding tert-OH is 2. The highest BCUT2D eigenvalue weighted by Gasteiger charge is 2.49. The van der Waals surface area contributed by atoms with Gasteiger partial charge in [0.2, 0.25) is 0 Å². The van der Waals surface area contributed by atoms with Gasteiger partial charge in [-0.3, -0.25) is 19.2 Å². The zero-order valence-electron chi connectivity index (χ0n) is 11.4. The summed E-state index contributed by atoms with van der Waals surface area (Å²) in [6, 6.07) is -0.932. The molecule has 1 fully saturated rings. The van der Waals surface area contributed by atoms with Gasteiger partial charge in [-0.2, -0.15) is 4.99 Å². The molecular formula is C10H13N4O8P. The Morgan fingerprint density at radius 1 is 1.35 bits per heavy atom. The minimum absolute atomic E-state index is 0.179. The summed E-state index contributed by atoms with van der Waals surface area (Å²) in [4.78, 5) is 41.5. The third kappa shape index (κ3) is 3.10. The lowest BCUT2D eigenvalue weighted by Gasteiger charge is -2.26. The molecule has 0 bridgehead atoms. The van der Waals surface area contributed by atoms with Crippen molar-refractivity contribution in [3.05, 3.63) is 0 Å². The summed E-state index contributed by atoms with van der Waals surface area (Å²) in [7, 11) is -4.74. The molecule has 4 N–H and O–H groups in total. The molecule has 3 heterocycles. The van der Waals surface area contributed by atoms with Crippen molar-refractivity contribution >= 4 is 32.2 Å². The lowest BCUT2D eigenvalue weighted by molar-refractivity contribution is -0.117. The topological polar surface area (TPSA) is 174 Å². The molecule has 12 nitrogen and oxygen atoms in total. The summed E-state index contributed by atoms with van der Waals surface area (Å²) in [6.45, 7) is -0.625. The normalized spacial score (nSPS) is 36.5. The van der Waals surface area contributed by atoms with E-state index < -0.39 is 50.9 Å². The van der Waals surface area contributed by atoms with E-state index in [9.17, 15) is 19.6 Å². The van der Waals surface area contributed by atoms with Gasteiger partial charge in [0.15, 0.2) is 12.3 Å². The smallest absolute Gasteiger partial charge is 0.387 e. The Morgan fingerprint density at radius 2 is 2.09 bits per heavy atom. The zero-order chi connectivity index (χ0) is 16.8. The molecule has 3 rings (SSSR count). The predicted molar refractivity (Wildman–Crippen MR) is 73.7 cm³/mol. The number of aliphatic hydroxyl groups is 2. The van der Waals surface area contributed by atoms with Crippen LogP contribution in [0.1, 0.15) is 0 Å². The van der Waals surface area contributed by atoms with Crippen molar-refractivity contribution in [1.29, 1.82) is 0 Å². The maximum absolute atomic E-state index is 11.6. The molecule has 0 aromatic carbocycles. The van der Waals surface area contributed by atoms with E-state index in [1.807, 2.05) is 0 Å². The first-order valence-corrected chi connectivity index (χ1v) is 7.98. The minimum Gasteiger partial charge on any atom is -0.387 e. The third-order valence-electron chi connectivity index (χ3n) is 3.48. The second-order valence-electron chi connectivity index (χ2n) is 4.98. The highest BCUT2D eigenvalue weighted by atomic mass is 31.2. The van der Waals surface area contributed by atoms with Crippen LogP contribution in [0.3, 0.4) is 0 Å². The van der Waals surface area contributed by atoms with Crippen molar-refractivity contribution < 1.29 is 38.6 Å². The molecule has 0 aromatic rings. The molecule has 5 atom stereocenters. The van der Waals surface area contributed by atoms with Crippen molar-refractivity contribution in [2.75, 3.05) is 6.61 Å². The Hall–Kier alpha value is -1.53. The number of carbonyl (C=O) groups is 1. The van der Waals surface area contributed by atoms with E-state index in [2.05, 4.69) is 19.5 Å². The predicted octanol–water partition coefficient (Wildman–Crippen LogP) is -2.78. The molecular weight excluding hydrogens is 335 g/mol. The average Bonchev–Trinajstić information content (AvgIpc) is 3.01. The zero-order valence-corrected chi connectivity index (χ0v) is 12.3. The van der Waals surface area contributed by atoms with Gasteiger partial charge in [-0.15, -0.1) is 0 Å². The highest BCUT2D eigenvalue weighted by molar-refractivity contribution is 7.46. The highest BCUT2D eigenvalue weighted by Crippen LogP contribution is 2.37. The van der Waals surface area contributed by atoms with Crippen molar-refractivity contribution in [1.82, 2.24) is 4.90 Å². The quantitative estimate of drug-likeness (QED) is 0.392. The van der Waals surface area contributed by atoms with Crippen LogP contribution in [-0.2, 0) is 18.6 Å². The van der Waals surface area contributed by atoms with Gasteiger partial charge >= 0.3 is 7.82 Å². The molecule has 1 saturated heterocycles. The number of phosphoric acid groups is 1. The number of fused-ring (bicyclic) bond motifs is 1. The maximum atomic E-state index is 11.6. The molecule has 0 aromatic heterocycles. The fraction of sp³-hybridized carbons (Fsp3) is 0.600. The van der Waals surface area contributed by atoms with Gasteiger partial charge in [-0.1, -0.05) is 0 Å². The number of nitrogens with zero attached hydrogens (tertiary/aromatic N) is 4. The largest absolute Gasteiger partial charge is 0.469 e. The molecule has 3 aliphatic rings. The van der Waals surface area contributed by atoms with E-state index in [0.717, 1.165) is 6.34 Å². The van der Waals surface area contributed by atoms with Gasteiger partial charge in [0.25, 0.3) is 5.91 Å². The van der Waals surface area contributed by atoms with Crippen LogP contribution < -0.4 is 0 Å².